The molecule has 1 aromatic heterocycles. The average Bonchev–Trinajstić information content (AvgIpc) is 3.14. The molecule has 5 aromatic rings. The van der Waals surface area contributed by atoms with E-state index in [0.717, 1.165) is 16.8 Å². The van der Waals surface area contributed by atoms with Gasteiger partial charge in [-0.05, 0) is 52.7 Å². The van der Waals surface area contributed by atoms with Gasteiger partial charge in [0.1, 0.15) is 0 Å². The number of fused-ring (bicyclic) bond motifs is 2. The molecule has 5 nitrogen and oxygen atoms in total. The van der Waals surface area contributed by atoms with E-state index in [0.29, 0.717) is 22.7 Å². The zero-order valence-electron chi connectivity index (χ0n) is 17.7. The first kappa shape index (κ1) is 21.5. The van der Waals surface area contributed by atoms with Gasteiger partial charge in [0.25, 0.3) is 0 Å². The number of imidazole rings is 1. The zero-order valence-corrected chi connectivity index (χ0v) is 17.7. The molecule has 8 heteroatoms. The first-order valence-corrected chi connectivity index (χ1v) is 10.4. The second-order valence-electron chi connectivity index (χ2n) is 7.87. The van der Waals surface area contributed by atoms with E-state index in [-0.39, 0.29) is 17.7 Å². The Morgan fingerprint density at radius 1 is 0.912 bits per heavy atom. The molecule has 1 heterocycles. The van der Waals surface area contributed by atoms with Gasteiger partial charge in [-0.3, -0.25) is 0 Å². The monoisotopic (exact) mass is 461 g/mol. The normalized spacial score (nSPS) is 11.7. The summed E-state index contributed by atoms with van der Waals surface area (Å²) in [5.41, 5.74) is 0.995. The maximum absolute atomic E-state index is 13.6. The molecule has 170 valence electrons. The minimum atomic E-state index is -4.50. The van der Waals surface area contributed by atoms with Crippen molar-refractivity contribution in [2.24, 2.45) is 0 Å². The van der Waals surface area contributed by atoms with Crippen molar-refractivity contribution in [3.63, 3.8) is 0 Å². The summed E-state index contributed by atoms with van der Waals surface area (Å²) in [4.78, 5) is 15.9. The molecule has 0 amide bonds. The van der Waals surface area contributed by atoms with Gasteiger partial charge in [-0.25, -0.2) is 9.78 Å². The maximum atomic E-state index is 13.6. The number of carboxylic acids is 1. The number of hydrogen-bond acceptors (Lipinski definition) is 3. The number of anilines is 2. The Morgan fingerprint density at radius 3 is 2.41 bits per heavy atom. The van der Waals surface area contributed by atoms with Crippen molar-refractivity contribution in [1.82, 2.24) is 9.55 Å². The van der Waals surface area contributed by atoms with E-state index in [1.54, 1.807) is 16.7 Å². The number of rotatable bonds is 5. The Kier molecular flexibility index (Phi) is 5.20. The third kappa shape index (κ3) is 4.05. The van der Waals surface area contributed by atoms with Crippen LogP contribution in [0.25, 0.3) is 21.8 Å². The molecule has 0 unspecified atom stereocenters. The van der Waals surface area contributed by atoms with Crippen LogP contribution in [0.15, 0.2) is 84.9 Å². The number of nitrogens with one attached hydrogen (secondary N) is 1. The fourth-order valence-corrected chi connectivity index (χ4v) is 4.02. The molecule has 0 bridgehead atoms. The fourth-order valence-electron chi connectivity index (χ4n) is 4.02. The molecule has 0 saturated carbocycles. The van der Waals surface area contributed by atoms with Crippen molar-refractivity contribution in [3.05, 3.63) is 102 Å². The lowest BCUT2D eigenvalue weighted by atomic mass is 10.1. The van der Waals surface area contributed by atoms with Gasteiger partial charge in [0.2, 0.25) is 5.95 Å². The molecule has 0 atom stereocenters. The average molecular weight is 461 g/mol. The number of nitrogens with zero attached hydrogens (tertiary/aromatic N) is 2. The predicted octanol–water partition coefficient (Wildman–Crippen LogP) is 6.70. The second kappa shape index (κ2) is 8.22. The summed E-state index contributed by atoms with van der Waals surface area (Å²) >= 11 is 0. The number of halogens is 3. The van der Waals surface area contributed by atoms with E-state index >= 15 is 0 Å². The fraction of sp³-hybridized carbons (Fsp3) is 0.0769. The van der Waals surface area contributed by atoms with Crippen molar-refractivity contribution in [1.29, 1.82) is 0 Å². The Labute approximate surface area is 192 Å². The minimum Gasteiger partial charge on any atom is -0.478 e. The molecule has 4 aromatic carbocycles. The van der Waals surface area contributed by atoms with Gasteiger partial charge in [-0.1, -0.05) is 48.5 Å². The van der Waals surface area contributed by atoms with Crippen LogP contribution in [0.5, 0.6) is 0 Å². The van der Waals surface area contributed by atoms with E-state index in [2.05, 4.69) is 10.3 Å². The quantitative estimate of drug-likeness (QED) is 0.306. The second-order valence-corrected chi connectivity index (χ2v) is 7.87. The van der Waals surface area contributed by atoms with Crippen LogP contribution in [0.3, 0.4) is 0 Å². The summed E-state index contributed by atoms with van der Waals surface area (Å²) in [6.07, 6.45) is -4.50. The van der Waals surface area contributed by atoms with Crippen molar-refractivity contribution in [3.8, 4) is 0 Å². The first-order chi connectivity index (χ1) is 16.3. The van der Waals surface area contributed by atoms with Gasteiger partial charge >= 0.3 is 12.1 Å². The maximum Gasteiger partial charge on any atom is 0.416 e. The molecule has 5 rings (SSSR count). The lowest BCUT2D eigenvalue weighted by Gasteiger charge is -2.16. The number of aromatic nitrogens is 2. The van der Waals surface area contributed by atoms with Crippen LogP contribution >= 0.6 is 0 Å². The number of alkyl halides is 3. The Hall–Kier alpha value is -4.33. The third-order valence-corrected chi connectivity index (χ3v) is 5.65. The van der Waals surface area contributed by atoms with E-state index in [9.17, 15) is 23.1 Å². The first-order valence-electron chi connectivity index (χ1n) is 10.4. The number of carboxylic acid groups (broad SMARTS) is 1. The number of aromatic carboxylic acids is 1. The van der Waals surface area contributed by atoms with Gasteiger partial charge in [-0.2, -0.15) is 13.2 Å². The summed E-state index contributed by atoms with van der Waals surface area (Å²) in [6, 6.07) is 23.3. The Bertz CT molecular complexity index is 1540. The number of carbonyl (C=O) groups is 1. The summed E-state index contributed by atoms with van der Waals surface area (Å²) in [7, 11) is 0. The molecular weight excluding hydrogens is 443 g/mol. The summed E-state index contributed by atoms with van der Waals surface area (Å²) in [5.74, 6) is -0.798. The third-order valence-electron chi connectivity index (χ3n) is 5.65. The molecular formula is C26H18F3N3O2. The van der Waals surface area contributed by atoms with Crippen LogP contribution in [-0.4, -0.2) is 20.6 Å². The van der Waals surface area contributed by atoms with Gasteiger partial charge < -0.3 is 15.0 Å². The Morgan fingerprint density at radius 2 is 1.65 bits per heavy atom. The summed E-state index contributed by atoms with van der Waals surface area (Å²) in [6.45, 7) is -0.103. The Balaban J connectivity index is 1.63. The van der Waals surface area contributed by atoms with Crippen LogP contribution in [0.2, 0.25) is 0 Å². The van der Waals surface area contributed by atoms with Gasteiger partial charge in [0, 0.05) is 5.69 Å². The molecule has 0 spiro atoms. The lowest BCUT2D eigenvalue weighted by Crippen LogP contribution is -2.12. The highest BCUT2D eigenvalue weighted by Gasteiger charge is 2.33. The van der Waals surface area contributed by atoms with E-state index in [1.807, 2.05) is 42.5 Å². The van der Waals surface area contributed by atoms with E-state index in [4.69, 9.17) is 0 Å². The summed E-state index contributed by atoms with van der Waals surface area (Å²) in [5, 5.41) is 14.6. The molecule has 0 aliphatic carbocycles. The molecule has 0 saturated heterocycles. The molecule has 34 heavy (non-hydrogen) atoms. The summed E-state index contributed by atoms with van der Waals surface area (Å²) < 4.78 is 42.5. The van der Waals surface area contributed by atoms with Crippen molar-refractivity contribution < 1.29 is 23.1 Å². The van der Waals surface area contributed by atoms with Crippen molar-refractivity contribution >= 4 is 39.4 Å². The molecule has 0 aliphatic heterocycles. The highest BCUT2D eigenvalue weighted by atomic mass is 19.4. The van der Waals surface area contributed by atoms with Gasteiger partial charge in [0.15, 0.2) is 0 Å². The largest absolute Gasteiger partial charge is 0.478 e. The molecule has 0 fully saturated rings. The molecule has 0 aliphatic rings. The predicted molar refractivity (Wildman–Crippen MR) is 124 cm³/mol. The lowest BCUT2D eigenvalue weighted by molar-refractivity contribution is -0.138. The SMILES string of the molecule is O=C(O)c1ccc2c(c1)nc(Nc1ccc3ccccc3c1)n2Cc1ccccc1C(F)(F)F. The van der Waals surface area contributed by atoms with Crippen LogP contribution in [-0.2, 0) is 12.7 Å². The van der Waals surface area contributed by atoms with Crippen molar-refractivity contribution in [2.75, 3.05) is 5.32 Å². The van der Waals surface area contributed by atoms with Gasteiger partial charge in [0.05, 0.1) is 28.7 Å². The highest BCUT2D eigenvalue weighted by molar-refractivity contribution is 5.93. The zero-order chi connectivity index (χ0) is 23.9. The smallest absolute Gasteiger partial charge is 0.416 e. The standard InChI is InChI=1S/C26H18F3N3O2/c27-26(28,29)21-8-4-3-7-19(21)15-32-23-12-10-18(24(33)34)14-22(23)31-25(32)30-20-11-9-16-5-1-2-6-17(16)13-20/h1-14H,15H2,(H,30,31)(H,33,34). The highest BCUT2D eigenvalue weighted by Crippen LogP contribution is 2.34. The van der Waals surface area contributed by atoms with E-state index in [1.165, 1.54) is 24.3 Å². The van der Waals surface area contributed by atoms with E-state index < -0.39 is 17.7 Å². The minimum absolute atomic E-state index is 0.0464. The molecule has 2 N–H and O–H groups in total. The topological polar surface area (TPSA) is 67.2 Å². The van der Waals surface area contributed by atoms with Crippen LogP contribution in [0, 0.1) is 0 Å². The number of benzene rings is 4. The van der Waals surface area contributed by atoms with Crippen LogP contribution in [0.1, 0.15) is 21.5 Å². The van der Waals surface area contributed by atoms with Gasteiger partial charge in [-0.15, -0.1) is 0 Å². The van der Waals surface area contributed by atoms with Crippen molar-refractivity contribution in [2.45, 2.75) is 12.7 Å². The molecule has 0 radical (unpaired) electrons. The van der Waals surface area contributed by atoms with Crippen LogP contribution in [0.4, 0.5) is 24.8 Å². The number of hydrogen-bond donors (Lipinski definition) is 2. The van der Waals surface area contributed by atoms with Crippen LogP contribution < -0.4 is 5.32 Å².